The van der Waals surface area contributed by atoms with Crippen LogP contribution in [-0.2, 0) is 4.79 Å². The van der Waals surface area contributed by atoms with Gasteiger partial charge in [0.1, 0.15) is 5.75 Å². The Morgan fingerprint density at radius 1 is 1.00 bits per heavy atom. The van der Waals surface area contributed by atoms with Crippen molar-refractivity contribution < 1.29 is 14.3 Å². The summed E-state index contributed by atoms with van der Waals surface area (Å²) in [6.07, 6.45) is 0. The predicted molar refractivity (Wildman–Crippen MR) is 124 cm³/mol. The Kier molecular flexibility index (Phi) is 6.52. The third-order valence-electron chi connectivity index (χ3n) is 5.17. The molecule has 2 aromatic carbocycles. The molecule has 0 atom stereocenters. The molecule has 1 aliphatic rings. The van der Waals surface area contributed by atoms with E-state index in [0.29, 0.717) is 18.8 Å². The molecule has 31 heavy (non-hydrogen) atoms. The summed E-state index contributed by atoms with van der Waals surface area (Å²) in [5.41, 5.74) is 2.90. The molecule has 1 fully saturated rings. The number of carbonyl (C=O) groups excluding carboxylic acids is 2. The molecule has 0 spiro atoms. The standard InChI is InChI=1S/C24H25N3O3S/c1-18-4-2-5-21(16-18)30-17-23(28)25-19-7-9-20(10-8-19)26-11-13-27(14-12-26)24(29)22-6-3-15-31-22/h2-10,15-16H,11-14,17H2,1H3,(H,25,28). The van der Waals surface area contributed by atoms with E-state index in [0.717, 1.165) is 34.9 Å². The van der Waals surface area contributed by atoms with Crippen LogP contribution in [0, 0.1) is 6.92 Å². The Bertz CT molecular complexity index is 1030. The highest BCUT2D eigenvalue weighted by atomic mass is 32.1. The molecule has 1 N–H and O–H groups in total. The van der Waals surface area contributed by atoms with Crippen molar-refractivity contribution in [2.24, 2.45) is 0 Å². The second kappa shape index (κ2) is 9.66. The first-order valence-corrected chi connectivity index (χ1v) is 11.1. The number of hydrogen-bond donors (Lipinski definition) is 1. The predicted octanol–water partition coefficient (Wildman–Crippen LogP) is 4.04. The summed E-state index contributed by atoms with van der Waals surface area (Å²) in [6, 6.07) is 19.2. The maximum atomic E-state index is 12.5. The molecule has 1 aliphatic heterocycles. The molecule has 2 heterocycles. The molecule has 0 aliphatic carbocycles. The molecular formula is C24H25N3O3S. The van der Waals surface area contributed by atoms with Gasteiger partial charge in [0.05, 0.1) is 4.88 Å². The largest absolute Gasteiger partial charge is 0.484 e. The van der Waals surface area contributed by atoms with Gasteiger partial charge in [-0.2, -0.15) is 0 Å². The fraction of sp³-hybridized carbons (Fsp3) is 0.250. The third-order valence-corrected chi connectivity index (χ3v) is 6.03. The summed E-state index contributed by atoms with van der Waals surface area (Å²) in [7, 11) is 0. The first-order valence-electron chi connectivity index (χ1n) is 10.3. The Morgan fingerprint density at radius 2 is 1.77 bits per heavy atom. The van der Waals surface area contributed by atoms with Gasteiger partial charge in [-0.05, 0) is 60.3 Å². The van der Waals surface area contributed by atoms with Gasteiger partial charge in [0.25, 0.3) is 11.8 Å². The maximum Gasteiger partial charge on any atom is 0.264 e. The van der Waals surface area contributed by atoms with Crippen LogP contribution in [0.5, 0.6) is 5.75 Å². The molecule has 0 saturated carbocycles. The zero-order valence-electron chi connectivity index (χ0n) is 17.4. The van der Waals surface area contributed by atoms with Crippen LogP contribution in [0.3, 0.4) is 0 Å². The second-order valence-electron chi connectivity index (χ2n) is 7.46. The fourth-order valence-corrected chi connectivity index (χ4v) is 4.22. The number of anilines is 2. The Labute approximate surface area is 186 Å². The molecule has 0 radical (unpaired) electrons. The van der Waals surface area contributed by atoms with Gasteiger partial charge in [0, 0.05) is 37.6 Å². The molecule has 1 aromatic heterocycles. The highest BCUT2D eigenvalue weighted by Crippen LogP contribution is 2.21. The van der Waals surface area contributed by atoms with Crippen LogP contribution in [0.15, 0.2) is 66.0 Å². The van der Waals surface area contributed by atoms with Crippen molar-refractivity contribution in [2.45, 2.75) is 6.92 Å². The van der Waals surface area contributed by atoms with E-state index in [9.17, 15) is 9.59 Å². The number of nitrogens with one attached hydrogen (secondary N) is 1. The molecular weight excluding hydrogens is 410 g/mol. The molecule has 1 saturated heterocycles. The zero-order chi connectivity index (χ0) is 21.6. The van der Waals surface area contributed by atoms with E-state index in [4.69, 9.17) is 4.74 Å². The van der Waals surface area contributed by atoms with E-state index in [1.54, 1.807) is 0 Å². The number of rotatable bonds is 6. The highest BCUT2D eigenvalue weighted by molar-refractivity contribution is 7.12. The number of aryl methyl sites for hydroxylation is 1. The van der Waals surface area contributed by atoms with Crippen LogP contribution in [0.2, 0.25) is 0 Å². The monoisotopic (exact) mass is 435 g/mol. The number of thiophene rings is 1. The van der Waals surface area contributed by atoms with Crippen LogP contribution in [-0.4, -0.2) is 49.5 Å². The summed E-state index contributed by atoms with van der Waals surface area (Å²) in [4.78, 5) is 29.6. The molecule has 6 nitrogen and oxygen atoms in total. The van der Waals surface area contributed by atoms with Crippen LogP contribution in [0.25, 0.3) is 0 Å². The maximum absolute atomic E-state index is 12.5. The normalized spacial score (nSPS) is 13.7. The number of piperazine rings is 1. The molecule has 160 valence electrons. The first-order chi connectivity index (χ1) is 15.1. The van der Waals surface area contributed by atoms with E-state index >= 15 is 0 Å². The zero-order valence-corrected chi connectivity index (χ0v) is 18.2. The van der Waals surface area contributed by atoms with E-state index in [2.05, 4.69) is 10.2 Å². The van der Waals surface area contributed by atoms with Gasteiger partial charge >= 0.3 is 0 Å². The SMILES string of the molecule is Cc1cccc(OCC(=O)Nc2ccc(N3CCN(C(=O)c4cccs4)CC3)cc2)c1. The van der Waals surface area contributed by atoms with Gasteiger partial charge in [-0.1, -0.05) is 18.2 Å². The van der Waals surface area contributed by atoms with Crippen LogP contribution < -0.4 is 15.0 Å². The van der Waals surface area contributed by atoms with Gasteiger partial charge in [-0.15, -0.1) is 11.3 Å². The van der Waals surface area contributed by atoms with Crippen molar-refractivity contribution in [1.29, 1.82) is 0 Å². The first kappa shape index (κ1) is 20.9. The summed E-state index contributed by atoms with van der Waals surface area (Å²) in [5, 5.41) is 4.79. The lowest BCUT2D eigenvalue weighted by Crippen LogP contribution is -2.48. The van der Waals surface area contributed by atoms with E-state index in [1.807, 2.05) is 77.9 Å². The third kappa shape index (κ3) is 5.44. The summed E-state index contributed by atoms with van der Waals surface area (Å²) < 4.78 is 5.54. The second-order valence-corrected chi connectivity index (χ2v) is 8.40. The van der Waals surface area contributed by atoms with Crippen LogP contribution in [0.4, 0.5) is 11.4 Å². The number of carbonyl (C=O) groups is 2. The van der Waals surface area contributed by atoms with E-state index < -0.39 is 0 Å². The number of nitrogens with zero attached hydrogens (tertiary/aromatic N) is 2. The minimum absolute atomic E-state index is 0.0363. The average molecular weight is 436 g/mol. The van der Waals surface area contributed by atoms with Crippen LogP contribution >= 0.6 is 11.3 Å². The summed E-state index contributed by atoms with van der Waals surface area (Å²) in [5.74, 6) is 0.595. The lowest BCUT2D eigenvalue weighted by Gasteiger charge is -2.36. The topological polar surface area (TPSA) is 61.9 Å². The minimum atomic E-state index is -0.199. The van der Waals surface area contributed by atoms with E-state index in [1.165, 1.54) is 11.3 Å². The Balaban J connectivity index is 1.25. The van der Waals surface area contributed by atoms with Crippen molar-refractivity contribution in [1.82, 2.24) is 4.90 Å². The van der Waals surface area contributed by atoms with Crippen molar-refractivity contribution >= 4 is 34.5 Å². The number of ether oxygens (including phenoxy) is 1. The smallest absolute Gasteiger partial charge is 0.264 e. The van der Waals surface area contributed by atoms with Crippen molar-refractivity contribution in [3.63, 3.8) is 0 Å². The lowest BCUT2D eigenvalue weighted by atomic mass is 10.2. The molecule has 7 heteroatoms. The van der Waals surface area contributed by atoms with Gasteiger partial charge in [0.2, 0.25) is 0 Å². The molecule has 3 aromatic rings. The summed E-state index contributed by atoms with van der Waals surface area (Å²) in [6.45, 7) is 4.92. The highest BCUT2D eigenvalue weighted by Gasteiger charge is 2.22. The van der Waals surface area contributed by atoms with Gasteiger partial charge in [0.15, 0.2) is 6.61 Å². The van der Waals surface area contributed by atoms with Gasteiger partial charge < -0.3 is 19.9 Å². The minimum Gasteiger partial charge on any atom is -0.484 e. The fourth-order valence-electron chi connectivity index (χ4n) is 3.53. The molecule has 0 bridgehead atoms. The van der Waals surface area contributed by atoms with Crippen molar-refractivity contribution in [3.8, 4) is 5.75 Å². The Hall–Kier alpha value is -3.32. The molecule has 2 amide bonds. The average Bonchev–Trinajstić information content (AvgIpc) is 3.33. The van der Waals surface area contributed by atoms with Gasteiger partial charge in [-0.25, -0.2) is 0 Å². The van der Waals surface area contributed by atoms with Crippen molar-refractivity contribution in [2.75, 3.05) is 43.0 Å². The quantitative estimate of drug-likeness (QED) is 0.635. The number of benzene rings is 2. The lowest BCUT2D eigenvalue weighted by molar-refractivity contribution is -0.118. The van der Waals surface area contributed by atoms with Crippen LogP contribution in [0.1, 0.15) is 15.2 Å². The summed E-state index contributed by atoms with van der Waals surface area (Å²) >= 11 is 1.48. The number of hydrogen-bond acceptors (Lipinski definition) is 5. The number of amides is 2. The Morgan fingerprint density at radius 3 is 2.45 bits per heavy atom. The van der Waals surface area contributed by atoms with Gasteiger partial charge in [-0.3, -0.25) is 9.59 Å². The molecule has 4 rings (SSSR count). The van der Waals surface area contributed by atoms with E-state index in [-0.39, 0.29) is 18.4 Å². The molecule has 0 unspecified atom stereocenters. The van der Waals surface area contributed by atoms with Crippen molar-refractivity contribution in [3.05, 3.63) is 76.5 Å².